The summed E-state index contributed by atoms with van der Waals surface area (Å²) in [4.78, 5) is 41.0. The number of anilines is 1. The van der Waals surface area contributed by atoms with E-state index >= 15 is 0 Å². The van der Waals surface area contributed by atoms with Gasteiger partial charge >= 0.3 is 21.1 Å². The Morgan fingerprint density at radius 2 is 2.00 bits per heavy atom. The number of aliphatic hydroxyl groups excluding tert-OH is 1. The van der Waals surface area contributed by atoms with Gasteiger partial charge in [0.25, 0.3) is 0 Å². The Hall–Kier alpha value is -1.10. The molecule has 0 aliphatic carbocycles. The molecule has 2 atom stereocenters. The Bertz CT molecular complexity index is 657. The minimum atomic E-state index is -5.17. The second-order valence-corrected chi connectivity index (χ2v) is 7.26. The van der Waals surface area contributed by atoms with Crippen LogP contribution in [-0.4, -0.2) is 48.4 Å². The third kappa shape index (κ3) is 6.77. The Balaban J connectivity index is 2.68. The molecule has 0 amide bonds. The van der Waals surface area contributed by atoms with Crippen LogP contribution in [0, 0.1) is 0 Å². The van der Waals surface area contributed by atoms with Crippen LogP contribution in [0.2, 0.25) is 0 Å². The summed E-state index contributed by atoms with van der Waals surface area (Å²) in [5.41, 5.74) is 4.58. The van der Waals surface area contributed by atoms with Crippen LogP contribution >= 0.6 is 15.4 Å². The third-order valence-corrected chi connectivity index (χ3v) is 4.55. The van der Waals surface area contributed by atoms with Crippen LogP contribution in [0.25, 0.3) is 0 Å². The quantitative estimate of drug-likeness (QED) is 0.337. The van der Waals surface area contributed by atoms with E-state index in [0.29, 0.717) is 0 Å². The number of ether oxygens (including phenoxy) is 1. The molecule has 126 valence electrons. The van der Waals surface area contributed by atoms with Crippen molar-refractivity contribution in [3.63, 3.8) is 0 Å². The van der Waals surface area contributed by atoms with Crippen molar-refractivity contribution in [2.75, 3.05) is 18.7 Å². The fourth-order valence-electron chi connectivity index (χ4n) is 1.35. The number of aliphatic hydroxyl groups is 1. The zero-order chi connectivity index (χ0) is 17.0. The Morgan fingerprint density at radius 1 is 1.36 bits per heavy atom. The molecule has 22 heavy (non-hydrogen) atoms. The lowest BCUT2D eigenvalue weighted by Gasteiger charge is -2.19. The van der Waals surface area contributed by atoms with Crippen molar-refractivity contribution in [1.82, 2.24) is 9.55 Å². The number of nitrogens with zero attached hydrogens (tertiary/aromatic N) is 2. The van der Waals surface area contributed by atoms with E-state index in [4.69, 9.17) is 25.4 Å². The van der Waals surface area contributed by atoms with Crippen molar-refractivity contribution < 1.29 is 38.0 Å². The maximum atomic E-state index is 11.5. The Morgan fingerprint density at radius 3 is 2.50 bits per heavy atom. The highest BCUT2D eigenvalue weighted by molar-refractivity contribution is 7.63. The number of hydrogen-bond donors (Lipinski definition) is 5. The van der Waals surface area contributed by atoms with Gasteiger partial charge in [-0.3, -0.25) is 9.13 Å². The van der Waals surface area contributed by atoms with Crippen LogP contribution in [0.1, 0.15) is 0 Å². The minimum absolute atomic E-state index is 0.00220. The molecule has 14 heteroatoms. The van der Waals surface area contributed by atoms with E-state index in [1.54, 1.807) is 0 Å². The molecule has 1 rings (SSSR count). The van der Waals surface area contributed by atoms with Crippen molar-refractivity contribution >= 4 is 21.2 Å². The van der Waals surface area contributed by atoms with E-state index in [2.05, 4.69) is 9.29 Å². The monoisotopic (exact) mass is 359 g/mol. The van der Waals surface area contributed by atoms with Gasteiger partial charge in [0.2, 0.25) is 0 Å². The highest BCUT2D eigenvalue weighted by atomic mass is 31.3. The highest BCUT2D eigenvalue weighted by Gasteiger charge is 2.31. The average Bonchev–Trinajstić information content (AvgIpc) is 2.34. The molecule has 1 unspecified atom stereocenters. The van der Waals surface area contributed by atoms with E-state index in [1.807, 2.05) is 0 Å². The minimum Gasteiger partial charge on any atom is -0.394 e. The SMILES string of the molecule is Nc1ccn(C[C@@H](CO)OCP(=O)(O)OP(=O)(O)O)c(=O)n1. The first kappa shape index (κ1) is 18.9. The molecular weight excluding hydrogens is 344 g/mol. The van der Waals surface area contributed by atoms with Gasteiger partial charge in [-0.1, -0.05) is 0 Å². The van der Waals surface area contributed by atoms with Crippen LogP contribution in [0.4, 0.5) is 5.82 Å². The first-order valence-electron chi connectivity index (χ1n) is 5.66. The number of nitrogen functional groups attached to an aromatic ring is 1. The lowest BCUT2D eigenvalue weighted by molar-refractivity contribution is 0.0188. The summed E-state index contributed by atoms with van der Waals surface area (Å²) in [7, 11) is -9.90. The summed E-state index contributed by atoms with van der Waals surface area (Å²) in [5.74, 6) is -0.00220. The highest BCUT2D eigenvalue weighted by Crippen LogP contribution is 2.56. The summed E-state index contributed by atoms with van der Waals surface area (Å²) in [6.07, 6.45) is -0.911. The number of phosphoric acid groups is 1. The molecular formula is C8H15N3O9P2. The molecule has 0 aliphatic heterocycles. The second kappa shape index (κ2) is 7.44. The van der Waals surface area contributed by atoms with Gasteiger partial charge in [0.1, 0.15) is 12.2 Å². The van der Waals surface area contributed by atoms with Gasteiger partial charge in [-0.05, 0) is 6.07 Å². The summed E-state index contributed by atoms with van der Waals surface area (Å²) in [6.45, 7) is -0.856. The van der Waals surface area contributed by atoms with E-state index in [1.165, 1.54) is 12.3 Å². The van der Waals surface area contributed by atoms with Gasteiger partial charge in [-0.25, -0.2) is 13.7 Å². The first-order chi connectivity index (χ1) is 10.0. The van der Waals surface area contributed by atoms with E-state index < -0.39 is 40.2 Å². The Labute approximate surface area is 123 Å². The van der Waals surface area contributed by atoms with Crippen LogP contribution in [0.15, 0.2) is 17.1 Å². The van der Waals surface area contributed by atoms with Gasteiger partial charge in [0, 0.05) is 6.20 Å². The Kier molecular flexibility index (Phi) is 6.41. The molecule has 1 heterocycles. The normalized spacial score (nSPS) is 16.2. The van der Waals surface area contributed by atoms with E-state index in [0.717, 1.165) is 4.57 Å². The van der Waals surface area contributed by atoms with Crippen LogP contribution in [0.3, 0.4) is 0 Å². The first-order valence-corrected chi connectivity index (χ1v) is 8.96. The molecule has 0 aromatic carbocycles. The van der Waals surface area contributed by atoms with Crippen molar-refractivity contribution in [3.05, 3.63) is 22.7 Å². The fraction of sp³-hybridized carbons (Fsp3) is 0.500. The van der Waals surface area contributed by atoms with E-state index in [9.17, 15) is 18.8 Å². The van der Waals surface area contributed by atoms with Gasteiger partial charge < -0.3 is 30.3 Å². The summed E-state index contributed by atoms with van der Waals surface area (Å²) >= 11 is 0. The number of hydrogen-bond acceptors (Lipinski definition) is 8. The lowest BCUT2D eigenvalue weighted by Crippen LogP contribution is -2.32. The number of aromatic nitrogens is 2. The molecule has 12 nitrogen and oxygen atoms in total. The maximum absolute atomic E-state index is 11.5. The van der Waals surface area contributed by atoms with Gasteiger partial charge in [-0.15, -0.1) is 0 Å². The zero-order valence-corrected chi connectivity index (χ0v) is 12.8. The second-order valence-electron chi connectivity index (χ2n) is 4.10. The van der Waals surface area contributed by atoms with Crippen LogP contribution in [-0.2, 0) is 24.7 Å². The topological polar surface area (TPSA) is 194 Å². The lowest BCUT2D eigenvalue weighted by atomic mass is 10.3. The summed E-state index contributed by atoms with van der Waals surface area (Å²) in [5, 5.41) is 9.11. The molecule has 1 aromatic heterocycles. The van der Waals surface area contributed by atoms with Crippen molar-refractivity contribution in [1.29, 1.82) is 0 Å². The molecule has 0 aliphatic rings. The third-order valence-electron chi connectivity index (χ3n) is 2.21. The molecule has 0 saturated heterocycles. The molecule has 0 bridgehead atoms. The van der Waals surface area contributed by atoms with Crippen molar-refractivity contribution in [2.24, 2.45) is 0 Å². The van der Waals surface area contributed by atoms with Crippen LogP contribution < -0.4 is 11.4 Å². The van der Waals surface area contributed by atoms with E-state index in [-0.39, 0.29) is 12.4 Å². The fourth-order valence-corrected chi connectivity index (χ4v) is 3.27. The van der Waals surface area contributed by atoms with Crippen molar-refractivity contribution in [2.45, 2.75) is 12.6 Å². The molecule has 6 N–H and O–H groups in total. The average molecular weight is 359 g/mol. The molecule has 0 saturated carbocycles. The predicted molar refractivity (Wildman–Crippen MR) is 72.7 cm³/mol. The molecule has 0 spiro atoms. The maximum Gasteiger partial charge on any atom is 0.476 e. The zero-order valence-electron chi connectivity index (χ0n) is 11.0. The van der Waals surface area contributed by atoms with Crippen molar-refractivity contribution in [3.8, 4) is 0 Å². The molecule has 0 radical (unpaired) electrons. The largest absolute Gasteiger partial charge is 0.476 e. The number of rotatable bonds is 8. The van der Waals surface area contributed by atoms with Gasteiger partial charge in [0.15, 0.2) is 0 Å². The van der Waals surface area contributed by atoms with Gasteiger partial charge in [-0.2, -0.15) is 4.98 Å². The summed E-state index contributed by atoms with van der Waals surface area (Å²) in [6, 6.07) is 1.32. The standard InChI is InChI=1S/C8H15N3O9P2/c9-7-1-2-11(8(13)10-7)3-6(4-12)19-5-21(14,15)20-22(16,17)18/h1-2,6,12H,3-5H2,(H,14,15)(H2,9,10,13)(H2,16,17,18)/t6-/m0/s1. The number of nitrogens with two attached hydrogens (primary N) is 1. The smallest absolute Gasteiger partial charge is 0.394 e. The van der Waals surface area contributed by atoms with Crippen LogP contribution in [0.5, 0.6) is 0 Å². The molecule has 0 fully saturated rings. The predicted octanol–water partition coefficient (Wildman–Crippen LogP) is -1.54. The molecule has 1 aromatic rings. The van der Waals surface area contributed by atoms with Gasteiger partial charge in [0.05, 0.1) is 19.3 Å². The summed E-state index contributed by atoms with van der Waals surface area (Å²) < 4.78 is 31.4.